The van der Waals surface area contributed by atoms with Gasteiger partial charge in [-0.15, -0.1) is 10.2 Å². The van der Waals surface area contributed by atoms with Crippen molar-refractivity contribution in [3.63, 3.8) is 0 Å². The van der Waals surface area contributed by atoms with E-state index >= 15 is 0 Å². The van der Waals surface area contributed by atoms with Gasteiger partial charge in [0, 0.05) is 12.2 Å². The summed E-state index contributed by atoms with van der Waals surface area (Å²) >= 11 is 2.97. The molecule has 1 amide bonds. The van der Waals surface area contributed by atoms with Gasteiger partial charge in [-0.1, -0.05) is 35.2 Å². The zero-order valence-corrected chi connectivity index (χ0v) is 11.9. The molecule has 0 radical (unpaired) electrons. The molecule has 0 saturated carbocycles. The first-order valence-corrected chi connectivity index (χ1v) is 7.42. The van der Waals surface area contributed by atoms with Crippen molar-refractivity contribution in [3.05, 3.63) is 35.1 Å². The molecule has 7 heteroatoms. The number of para-hydroxylation sites is 1. The molecule has 1 N–H and O–H groups in total. The number of rotatable bonds is 5. The molecule has 0 aliphatic heterocycles. The zero-order chi connectivity index (χ0) is 13.7. The highest BCUT2D eigenvalue weighted by atomic mass is 32.2. The third-order valence-corrected chi connectivity index (χ3v) is 4.18. The lowest BCUT2D eigenvalue weighted by atomic mass is 10.3. The van der Waals surface area contributed by atoms with Gasteiger partial charge >= 0.3 is 0 Å². The third-order valence-electron chi connectivity index (χ3n) is 2.21. The summed E-state index contributed by atoms with van der Waals surface area (Å²) in [6, 6.07) is 6.11. The van der Waals surface area contributed by atoms with Gasteiger partial charge in [0.1, 0.15) is 10.8 Å². The number of hydrogen-bond acceptors (Lipinski definition) is 5. The number of anilines is 1. The van der Waals surface area contributed by atoms with E-state index in [-0.39, 0.29) is 11.6 Å². The van der Waals surface area contributed by atoms with Crippen LogP contribution in [0.4, 0.5) is 10.1 Å². The van der Waals surface area contributed by atoms with Crippen LogP contribution in [0.5, 0.6) is 0 Å². The normalized spacial score (nSPS) is 10.4. The summed E-state index contributed by atoms with van der Waals surface area (Å²) in [6.07, 6.45) is 0.303. The maximum absolute atomic E-state index is 13.3. The van der Waals surface area contributed by atoms with E-state index in [0.29, 0.717) is 12.2 Å². The molecule has 0 atom stereocenters. The lowest BCUT2D eigenvalue weighted by molar-refractivity contribution is -0.115. The standard InChI is InChI=1S/C12H12FN3OS2/c1-8-15-16-12(19-8)18-7-6-11(17)14-10-5-3-2-4-9(10)13/h2-5H,6-7H2,1H3,(H,14,17). The van der Waals surface area contributed by atoms with E-state index in [9.17, 15) is 9.18 Å². The first-order chi connectivity index (χ1) is 9.15. The van der Waals surface area contributed by atoms with Crippen LogP contribution < -0.4 is 5.32 Å². The molecule has 1 heterocycles. The molecule has 2 rings (SSSR count). The molecule has 19 heavy (non-hydrogen) atoms. The summed E-state index contributed by atoms with van der Waals surface area (Å²) in [4.78, 5) is 11.6. The Balaban J connectivity index is 1.77. The Morgan fingerprint density at radius 1 is 1.42 bits per heavy atom. The van der Waals surface area contributed by atoms with Crippen LogP contribution in [0.25, 0.3) is 0 Å². The maximum atomic E-state index is 13.3. The van der Waals surface area contributed by atoms with Gasteiger partial charge in [0.25, 0.3) is 0 Å². The molecule has 100 valence electrons. The average molecular weight is 297 g/mol. The fraction of sp³-hybridized carbons (Fsp3) is 0.250. The number of nitrogens with one attached hydrogen (secondary N) is 1. The molecule has 0 unspecified atom stereocenters. The second-order valence-corrected chi connectivity index (χ2v) is 6.24. The molecule has 0 fully saturated rings. The first-order valence-electron chi connectivity index (χ1n) is 5.62. The fourth-order valence-electron chi connectivity index (χ4n) is 1.34. The Morgan fingerprint density at radius 2 is 2.21 bits per heavy atom. The van der Waals surface area contributed by atoms with Crippen LogP contribution >= 0.6 is 23.1 Å². The zero-order valence-electron chi connectivity index (χ0n) is 10.2. The molecule has 1 aromatic heterocycles. The predicted molar refractivity (Wildman–Crippen MR) is 75.0 cm³/mol. The summed E-state index contributed by atoms with van der Waals surface area (Å²) in [5, 5.41) is 11.3. The highest BCUT2D eigenvalue weighted by Crippen LogP contribution is 2.22. The second-order valence-electron chi connectivity index (χ2n) is 3.71. The monoisotopic (exact) mass is 297 g/mol. The predicted octanol–water partition coefficient (Wildman–Crippen LogP) is 3.11. The minimum atomic E-state index is -0.428. The van der Waals surface area contributed by atoms with Crippen molar-refractivity contribution in [3.8, 4) is 0 Å². The molecule has 4 nitrogen and oxygen atoms in total. The van der Waals surface area contributed by atoms with E-state index in [1.807, 2.05) is 6.92 Å². The van der Waals surface area contributed by atoms with Gasteiger partial charge in [-0.3, -0.25) is 4.79 Å². The number of halogens is 1. The van der Waals surface area contributed by atoms with E-state index in [2.05, 4.69) is 15.5 Å². The average Bonchev–Trinajstić information content (AvgIpc) is 2.78. The summed E-state index contributed by atoms with van der Waals surface area (Å²) in [5.74, 6) is -0.0448. The summed E-state index contributed by atoms with van der Waals surface area (Å²) in [7, 11) is 0. The number of nitrogens with zero attached hydrogens (tertiary/aromatic N) is 2. The number of benzene rings is 1. The van der Waals surface area contributed by atoms with Crippen LogP contribution in [-0.2, 0) is 4.79 Å². The summed E-state index contributed by atoms with van der Waals surface area (Å²) < 4.78 is 14.1. The SMILES string of the molecule is Cc1nnc(SCCC(=O)Nc2ccccc2F)s1. The van der Waals surface area contributed by atoms with Crippen LogP contribution in [0, 0.1) is 12.7 Å². The fourth-order valence-corrected chi connectivity index (χ4v) is 3.17. The smallest absolute Gasteiger partial charge is 0.225 e. The molecule has 0 bridgehead atoms. The van der Waals surface area contributed by atoms with Crippen molar-refractivity contribution in [2.45, 2.75) is 17.7 Å². The lowest BCUT2D eigenvalue weighted by Crippen LogP contribution is -2.13. The highest BCUT2D eigenvalue weighted by molar-refractivity contribution is 8.01. The van der Waals surface area contributed by atoms with E-state index in [0.717, 1.165) is 9.35 Å². The van der Waals surface area contributed by atoms with Crippen molar-refractivity contribution in [1.29, 1.82) is 0 Å². The van der Waals surface area contributed by atoms with Gasteiger partial charge in [-0.05, 0) is 19.1 Å². The van der Waals surface area contributed by atoms with Crippen molar-refractivity contribution in [2.24, 2.45) is 0 Å². The number of aromatic nitrogens is 2. The molecule has 0 saturated heterocycles. The van der Waals surface area contributed by atoms with E-state index in [1.54, 1.807) is 12.1 Å². The van der Waals surface area contributed by atoms with Gasteiger partial charge in [-0.25, -0.2) is 4.39 Å². The minimum absolute atomic E-state index is 0.209. The molecule has 0 aliphatic rings. The number of thioether (sulfide) groups is 1. The second kappa shape index (κ2) is 6.63. The molecule has 1 aromatic carbocycles. The van der Waals surface area contributed by atoms with Crippen molar-refractivity contribution in [2.75, 3.05) is 11.1 Å². The Morgan fingerprint density at radius 3 is 2.89 bits per heavy atom. The van der Waals surface area contributed by atoms with Gasteiger partial charge in [0.15, 0.2) is 4.34 Å². The topological polar surface area (TPSA) is 54.9 Å². The number of carbonyl (C=O) groups excluding carboxylic acids is 1. The Kier molecular flexibility index (Phi) is 4.86. The van der Waals surface area contributed by atoms with Gasteiger partial charge in [0.2, 0.25) is 5.91 Å². The Hall–Kier alpha value is -1.47. The number of carbonyl (C=O) groups is 1. The Bertz CT molecular complexity index is 574. The third kappa shape index (κ3) is 4.29. The lowest BCUT2D eigenvalue weighted by Gasteiger charge is -2.05. The van der Waals surface area contributed by atoms with E-state index < -0.39 is 5.82 Å². The molecule has 2 aromatic rings. The van der Waals surface area contributed by atoms with Gasteiger partial charge in [-0.2, -0.15) is 0 Å². The minimum Gasteiger partial charge on any atom is -0.324 e. The largest absolute Gasteiger partial charge is 0.324 e. The van der Waals surface area contributed by atoms with E-state index in [4.69, 9.17) is 0 Å². The highest BCUT2D eigenvalue weighted by Gasteiger charge is 2.07. The van der Waals surface area contributed by atoms with Gasteiger partial charge in [0.05, 0.1) is 5.69 Å². The summed E-state index contributed by atoms with van der Waals surface area (Å²) in [5.41, 5.74) is 0.212. The van der Waals surface area contributed by atoms with Crippen molar-refractivity contribution in [1.82, 2.24) is 10.2 Å². The van der Waals surface area contributed by atoms with Crippen LogP contribution in [0.15, 0.2) is 28.6 Å². The van der Waals surface area contributed by atoms with Crippen molar-refractivity contribution >= 4 is 34.7 Å². The number of amides is 1. The van der Waals surface area contributed by atoms with E-state index in [1.165, 1.54) is 35.2 Å². The van der Waals surface area contributed by atoms with Crippen LogP contribution in [-0.4, -0.2) is 21.9 Å². The number of hydrogen-bond donors (Lipinski definition) is 1. The quantitative estimate of drug-likeness (QED) is 0.862. The summed E-state index contributed by atoms with van der Waals surface area (Å²) in [6.45, 7) is 1.88. The molecule has 0 spiro atoms. The first kappa shape index (κ1) is 14.0. The van der Waals surface area contributed by atoms with Crippen molar-refractivity contribution < 1.29 is 9.18 Å². The number of aryl methyl sites for hydroxylation is 1. The molecule has 0 aliphatic carbocycles. The molecular weight excluding hydrogens is 285 g/mol. The Labute approximate surface area is 118 Å². The maximum Gasteiger partial charge on any atom is 0.225 e. The van der Waals surface area contributed by atoms with Crippen LogP contribution in [0.3, 0.4) is 0 Å². The molecular formula is C12H12FN3OS2. The van der Waals surface area contributed by atoms with Crippen LogP contribution in [0.1, 0.15) is 11.4 Å². The van der Waals surface area contributed by atoms with Crippen LogP contribution in [0.2, 0.25) is 0 Å². The van der Waals surface area contributed by atoms with Gasteiger partial charge < -0.3 is 5.32 Å².